The fourth-order valence-electron chi connectivity index (χ4n) is 7.77. The Kier molecular flexibility index (Phi) is 11.7. The van der Waals surface area contributed by atoms with Gasteiger partial charge in [-0.2, -0.15) is 0 Å². The number of carbonyl (C=O) groups excluding carboxylic acids is 3. The molecule has 2 aromatic carbocycles. The number of aromatic hydroxyl groups is 1. The van der Waals surface area contributed by atoms with E-state index < -0.39 is 12.2 Å². The largest absolute Gasteiger partial charge is 0.507 e. The highest BCUT2D eigenvalue weighted by Gasteiger charge is 2.36. The molecule has 0 aromatic heterocycles. The van der Waals surface area contributed by atoms with Gasteiger partial charge in [-0.1, -0.05) is 24.3 Å². The lowest BCUT2D eigenvalue weighted by atomic mass is 9.91. The minimum absolute atomic E-state index is 0.00586. The first-order chi connectivity index (χ1) is 23.7. The summed E-state index contributed by atoms with van der Waals surface area (Å²) in [6.07, 6.45) is 2.79. The molecular weight excluding hydrogens is 691 g/mol. The number of ether oxygens (including phenoxy) is 1. The average molecular weight is 740 g/mol. The molecule has 4 heterocycles. The number of nitrogens with zero attached hydrogens (tertiary/aromatic N) is 5. The van der Waals surface area contributed by atoms with Crippen molar-refractivity contribution in [2.24, 2.45) is 0 Å². The highest BCUT2D eigenvalue weighted by Crippen LogP contribution is 2.27. The number of piperidine rings is 2. The van der Waals surface area contributed by atoms with E-state index in [9.17, 15) is 24.6 Å². The van der Waals surface area contributed by atoms with Crippen molar-refractivity contribution in [1.29, 1.82) is 0 Å². The molecule has 1 atom stereocenters. The minimum Gasteiger partial charge on any atom is -0.507 e. The average Bonchev–Trinajstić information content (AvgIpc) is 3.28. The Labute approximate surface area is 297 Å². The number of rotatable bonds is 8. The van der Waals surface area contributed by atoms with Gasteiger partial charge in [-0.25, -0.2) is 9.59 Å². The maximum Gasteiger partial charge on any atom is 0.410 e. The number of urea groups is 1. The highest BCUT2D eigenvalue weighted by molar-refractivity contribution is 9.10. The van der Waals surface area contributed by atoms with E-state index in [0.717, 1.165) is 68.8 Å². The molecule has 3 N–H and O–H groups in total. The van der Waals surface area contributed by atoms with Gasteiger partial charge in [-0.05, 0) is 89.8 Å². The smallest absolute Gasteiger partial charge is 0.410 e. The number of fused-ring (bicyclic) bond motifs is 1. The van der Waals surface area contributed by atoms with Gasteiger partial charge < -0.3 is 39.9 Å². The second-order valence-corrected chi connectivity index (χ2v) is 14.6. The van der Waals surface area contributed by atoms with Crippen LogP contribution < -0.4 is 10.8 Å². The number of phenols is 1. The Morgan fingerprint density at radius 3 is 2.33 bits per heavy atom. The predicted molar refractivity (Wildman–Crippen MR) is 193 cm³/mol. The van der Waals surface area contributed by atoms with Crippen LogP contribution in [0.25, 0.3) is 0 Å². The van der Waals surface area contributed by atoms with Crippen LogP contribution in [0.5, 0.6) is 5.75 Å². The summed E-state index contributed by atoms with van der Waals surface area (Å²) in [6.45, 7) is 6.99. The monoisotopic (exact) mass is 738 g/mol. The molecule has 0 bridgehead atoms. The van der Waals surface area contributed by atoms with E-state index in [1.54, 1.807) is 18.8 Å². The summed E-state index contributed by atoms with van der Waals surface area (Å²) in [5, 5.41) is 22.6. The van der Waals surface area contributed by atoms with Gasteiger partial charge in [0.2, 0.25) is 0 Å². The summed E-state index contributed by atoms with van der Waals surface area (Å²) in [4.78, 5) is 50.9. The Balaban J connectivity index is 1.07. The molecule has 4 amide bonds. The zero-order chi connectivity index (χ0) is 34.5. The van der Waals surface area contributed by atoms with E-state index in [1.807, 2.05) is 40.1 Å². The first-order valence-corrected chi connectivity index (χ1v) is 18.4. The maximum absolute atomic E-state index is 14.0. The van der Waals surface area contributed by atoms with E-state index in [1.165, 1.54) is 0 Å². The number of phenolic OH excluding ortho intramolecular Hbond substituents is 1. The van der Waals surface area contributed by atoms with Crippen LogP contribution in [-0.2, 0) is 22.4 Å². The first kappa shape index (κ1) is 35.5. The summed E-state index contributed by atoms with van der Waals surface area (Å²) in [5.74, 6) is -0.0601. The summed E-state index contributed by atoms with van der Waals surface area (Å²) < 4.78 is 6.58. The molecule has 0 unspecified atom stereocenters. The zero-order valence-corrected chi connectivity index (χ0v) is 29.9. The number of hydrogen-bond donors (Lipinski definition) is 3. The van der Waals surface area contributed by atoms with E-state index >= 15 is 0 Å². The van der Waals surface area contributed by atoms with Crippen LogP contribution in [0.2, 0.25) is 0 Å². The molecule has 4 aliphatic rings. The first-order valence-electron chi connectivity index (χ1n) is 17.6. The fourth-order valence-corrected chi connectivity index (χ4v) is 8.38. The van der Waals surface area contributed by atoms with Gasteiger partial charge in [-0.3, -0.25) is 9.69 Å². The van der Waals surface area contributed by atoms with Gasteiger partial charge >= 0.3 is 12.1 Å². The van der Waals surface area contributed by atoms with Gasteiger partial charge in [-0.15, -0.1) is 0 Å². The van der Waals surface area contributed by atoms with Crippen molar-refractivity contribution in [3.05, 3.63) is 52.0 Å². The van der Waals surface area contributed by atoms with Crippen LogP contribution in [0.4, 0.5) is 15.3 Å². The number of anilines is 1. The standard InChI is InChI=1S/C35H48BBrN6O6/c36-28-21-24(22-29(37)32(28)45)23-31(33(46)41-17-15-40(16-18-41)26-6-10-39(11-7-26)19-20-44)49-35(48)42-12-8-27(9-13-42)43-14-5-25-3-1-2-4-30(25)38-34(43)47/h1-4,21-22,26-27,31,44-45H,5-20,23,36H2,(H,38,47)/t31-/m1/s1. The third-order valence-electron chi connectivity index (χ3n) is 10.7. The Hall–Kier alpha value is -3.33. The lowest BCUT2D eigenvalue weighted by molar-refractivity contribution is -0.143. The molecule has 0 spiro atoms. The van der Waals surface area contributed by atoms with Crippen LogP contribution in [0.15, 0.2) is 40.9 Å². The lowest BCUT2D eigenvalue weighted by Gasteiger charge is -2.43. The van der Waals surface area contributed by atoms with Crippen molar-refractivity contribution in [3.63, 3.8) is 0 Å². The van der Waals surface area contributed by atoms with E-state index in [-0.39, 0.29) is 36.8 Å². The molecule has 6 rings (SSSR count). The van der Waals surface area contributed by atoms with Crippen molar-refractivity contribution in [3.8, 4) is 5.75 Å². The van der Waals surface area contributed by atoms with Gasteiger partial charge in [0.05, 0.1) is 11.1 Å². The number of nitrogens with one attached hydrogen (secondary N) is 1. The molecule has 4 aliphatic heterocycles. The predicted octanol–water partition coefficient (Wildman–Crippen LogP) is 1.62. The van der Waals surface area contributed by atoms with E-state index in [4.69, 9.17) is 4.74 Å². The Morgan fingerprint density at radius 1 is 0.939 bits per heavy atom. The van der Waals surface area contributed by atoms with Crippen molar-refractivity contribution < 1.29 is 29.3 Å². The van der Waals surface area contributed by atoms with Crippen LogP contribution in [0.1, 0.15) is 36.8 Å². The maximum atomic E-state index is 14.0. The summed E-state index contributed by atoms with van der Waals surface area (Å²) >= 11 is 3.41. The Morgan fingerprint density at radius 2 is 1.63 bits per heavy atom. The lowest BCUT2D eigenvalue weighted by Crippen LogP contribution is -2.56. The summed E-state index contributed by atoms with van der Waals surface area (Å²) in [7, 11) is 1.80. The molecule has 0 radical (unpaired) electrons. The second-order valence-electron chi connectivity index (χ2n) is 13.7. The fraction of sp³-hybridized carbons (Fsp3) is 0.571. The van der Waals surface area contributed by atoms with Gasteiger partial charge in [0.25, 0.3) is 5.91 Å². The van der Waals surface area contributed by atoms with E-state index in [0.29, 0.717) is 61.5 Å². The van der Waals surface area contributed by atoms with Gasteiger partial charge in [0, 0.05) is 76.5 Å². The van der Waals surface area contributed by atoms with Gasteiger partial charge in [0.1, 0.15) is 13.6 Å². The molecule has 49 heavy (non-hydrogen) atoms. The highest BCUT2D eigenvalue weighted by atomic mass is 79.9. The van der Waals surface area contributed by atoms with Gasteiger partial charge in [0.15, 0.2) is 6.10 Å². The third kappa shape index (κ3) is 8.53. The number of para-hydroxylation sites is 1. The number of β-amino-alcohol motifs (C(OH)–C–C–N with tert-alkyl or cyclic N) is 1. The minimum atomic E-state index is -1.01. The van der Waals surface area contributed by atoms with E-state index in [2.05, 4.69) is 31.0 Å². The van der Waals surface area contributed by atoms with Crippen molar-refractivity contribution in [2.75, 3.05) is 77.4 Å². The zero-order valence-electron chi connectivity index (χ0n) is 28.4. The van der Waals surface area contributed by atoms with Crippen molar-refractivity contribution >= 4 is 53.0 Å². The molecule has 14 heteroatoms. The number of aliphatic hydroxyl groups excluding tert-OH is 1. The molecule has 0 aliphatic carbocycles. The number of halogens is 1. The molecule has 264 valence electrons. The molecule has 0 saturated carbocycles. The van der Waals surface area contributed by atoms with Crippen molar-refractivity contribution in [1.82, 2.24) is 24.5 Å². The number of benzene rings is 2. The number of likely N-dealkylation sites (tertiary alicyclic amines) is 2. The number of hydrogen-bond acceptors (Lipinski definition) is 8. The number of amides is 4. The number of piperazine rings is 1. The quantitative estimate of drug-likeness (QED) is 0.349. The normalized spacial score (nSPS) is 20.8. The van der Waals surface area contributed by atoms with Crippen LogP contribution in [-0.4, -0.2) is 151 Å². The van der Waals surface area contributed by atoms with Crippen LogP contribution in [0.3, 0.4) is 0 Å². The van der Waals surface area contributed by atoms with Crippen molar-refractivity contribution in [2.45, 2.75) is 56.7 Å². The molecule has 3 fully saturated rings. The summed E-state index contributed by atoms with van der Waals surface area (Å²) in [5.41, 5.74) is 3.42. The second kappa shape index (κ2) is 16.1. The molecule has 12 nitrogen and oxygen atoms in total. The third-order valence-corrected chi connectivity index (χ3v) is 11.3. The van der Waals surface area contributed by atoms with Crippen LogP contribution in [0, 0.1) is 0 Å². The SMILES string of the molecule is Bc1cc(C[C@@H](OC(=O)N2CCC(N3CCc4ccccc4NC3=O)CC2)C(=O)N2CCN(C3CCN(CCO)CC3)CC2)cc(Br)c1O. The molecular formula is C35H48BBrN6O6. The van der Waals surface area contributed by atoms with Crippen LogP contribution >= 0.6 is 15.9 Å². The number of aliphatic hydroxyl groups is 1. The molecule has 2 aromatic rings. The summed E-state index contributed by atoms with van der Waals surface area (Å²) in [6, 6.07) is 11.8. The Bertz CT molecular complexity index is 1470. The topological polar surface area (TPSA) is 129 Å². The number of carbonyl (C=O) groups is 3. The molecule has 3 saturated heterocycles.